The minimum atomic E-state index is -0.353. The number of hydrogen-bond donors (Lipinski definition) is 0. The van der Waals surface area contributed by atoms with Crippen molar-refractivity contribution in [1.29, 1.82) is 0 Å². The van der Waals surface area contributed by atoms with E-state index in [4.69, 9.17) is 0 Å². The fraction of sp³-hybridized carbons (Fsp3) is 0.471. The highest BCUT2D eigenvalue weighted by atomic mass is 16.6. The van der Waals surface area contributed by atoms with Crippen molar-refractivity contribution >= 4 is 5.69 Å². The average Bonchev–Trinajstić information content (AvgIpc) is 3.16. The van der Waals surface area contributed by atoms with E-state index in [1.165, 1.54) is 12.8 Å². The maximum absolute atomic E-state index is 10.7. The van der Waals surface area contributed by atoms with Gasteiger partial charge in [-0.2, -0.15) is 0 Å². The van der Waals surface area contributed by atoms with Crippen LogP contribution in [0.3, 0.4) is 0 Å². The number of non-ortho nitro benzene ring substituents is 1. The smallest absolute Gasteiger partial charge is 0.269 e. The Bertz CT molecular complexity index is 665. The molecule has 0 saturated carbocycles. The van der Waals surface area contributed by atoms with E-state index in [1.807, 2.05) is 31.5 Å². The summed E-state index contributed by atoms with van der Waals surface area (Å²) < 4.78 is 2.22. The first-order chi connectivity index (χ1) is 11.1. The molecule has 2 aromatic rings. The summed E-state index contributed by atoms with van der Waals surface area (Å²) in [5.74, 6) is 1.06. The lowest BCUT2D eigenvalue weighted by Crippen LogP contribution is -2.34. The van der Waals surface area contributed by atoms with Crippen LogP contribution < -0.4 is 0 Å². The van der Waals surface area contributed by atoms with Gasteiger partial charge >= 0.3 is 0 Å². The highest BCUT2D eigenvalue weighted by molar-refractivity contribution is 5.32. The van der Waals surface area contributed by atoms with Gasteiger partial charge in [-0.3, -0.25) is 15.0 Å². The highest BCUT2D eigenvalue weighted by Crippen LogP contribution is 2.20. The first-order valence-corrected chi connectivity index (χ1v) is 8.08. The number of aromatic nitrogens is 2. The van der Waals surface area contributed by atoms with Crippen LogP contribution in [0, 0.1) is 17.0 Å². The maximum atomic E-state index is 10.7. The van der Waals surface area contributed by atoms with Crippen LogP contribution in [-0.4, -0.2) is 38.5 Å². The molecule has 0 bridgehead atoms. The van der Waals surface area contributed by atoms with Gasteiger partial charge in [0.25, 0.3) is 5.69 Å². The number of nitro groups is 1. The van der Waals surface area contributed by atoms with Crippen molar-refractivity contribution in [2.45, 2.75) is 38.8 Å². The zero-order valence-electron chi connectivity index (χ0n) is 13.4. The standard InChI is InChI=1S/C17H22N4O2/c1-14-18-9-12-20(14)13-17-3-2-10-19(17)11-8-15-4-6-16(7-5-15)21(22)23/h4-7,9,12,17H,2-3,8,10-11,13H2,1H3. The number of nitrogens with zero attached hydrogens (tertiary/aromatic N) is 4. The van der Waals surface area contributed by atoms with Crippen molar-refractivity contribution in [3.63, 3.8) is 0 Å². The zero-order chi connectivity index (χ0) is 16.2. The van der Waals surface area contributed by atoms with Crippen LogP contribution in [0.1, 0.15) is 24.2 Å². The topological polar surface area (TPSA) is 64.2 Å². The van der Waals surface area contributed by atoms with E-state index in [1.54, 1.807) is 12.1 Å². The van der Waals surface area contributed by atoms with E-state index < -0.39 is 0 Å². The first kappa shape index (κ1) is 15.7. The number of nitro benzene ring substituents is 1. The molecule has 23 heavy (non-hydrogen) atoms. The molecule has 0 radical (unpaired) electrons. The number of hydrogen-bond acceptors (Lipinski definition) is 4. The Balaban J connectivity index is 1.56. The van der Waals surface area contributed by atoms with E-state index in [0.29, 0.717) is 6.04 Å². The molecule has 1 unspecified atom stereocenters. The Morgan fingerprint density at radius 3 is 2.78 bits per heavy atom. The Morgan fingerprint density at radius 1 is 1.35 bits per heavy atom. The summed E-state index contributed by atoms with van der Waals surface area (Å²) in [5.41, 5.74) is 1.31. The SMILES string of the molecule is Cc1nccn1CC1CCCN1CCc1ccc([N+](=O)[O-])cc1. The number of rotatable bonds is 6. The molecular formula is C17H22N4O2. The van der Waals surface area contributed by atoms with Gasteiger partial charge in [-0.15, -0.1) is 0 Å². The molecule has 0 amide bonds. The Kier molecular flexibility index (Phi) is 4.71. The lowest BCUT2D eigenvalue weighted by Gasteiger charge is -2.25. The van der Waals surface area contributed by atoms with Gasteiger partial charge in [0.1, 0.15) is 5.82 Å². The summed E-state index contributed by atoms with van der Waals surface area (Å²) in [6.45, 7) is 5.16. The number of aryl methyl sites for hydroxylation is 1. The third kappa shape index (κ3) is 3.76. The second-order valence-electron chi connectivity index (χ2n) is 6.13. The summed E-state index contributed by atoms with van der Waals surface area (Å²) in [6, 6.07) is 7.46. The van der Waals surface area contributed by atoms with E-state index in [9.17, 15) is 10.1 Å². The third-order valence-electron chi connectivity index (χ3n) is 4.67. The molecule has 1 saturated heterocycles. The van der Waals surface area contributed by atoms with Gasteiger partial charge in [-0.1, -0.05) is 12.1 Å². The quantitative estimate of drug-likeness (QED) is 0.607. The zero-order valence-corrected chi connectivity index (χ0v) is 13.4. The third-order valence-corrected chi connectivity index (χ3v) is 4.67. The van der Waals surface area contributed by atoms with Gasteiger partial charge in [0.15, 0.2) is 0 Å². The minimum Gasteiger partial charge on any atom is -0.334 e. The van der Waals surface area contributed by atoms with E-state index in [2.05, 4.69) is 14.5 Å². The molecule has 0 N–H and O–H groups in total. The minimum absolute atomic E-state index is 0.156. The molecule has 122 valence electrons. The molecule has 1 aromatic carbocycles. The predicted octanol–water partition coefficient (Wildman–Crippen LogP) is 2.81. The summed E-state index contributed by atoms with van der Waals surface area (Å²) in [4.78, 5) is 17.2. The van der Waals surface area contributed by atoms with Crippen LogP contribution >= 0.6 is 0 Å². The molecule has 1 aliphatic rings. The van der Waals surface area contributed by atoms with Gasteiger partial charge in [0.05, 0.1) is 4.92 Å². The summed E-state index contributed by atoms with van der Waals surface area (Å²) in [6.07, 6.45) is 7.28. The monoisotopic (exact) mass is 314 g/mol. The molecule has 1 fully saturated rings. The van der Waals surface area contributed by atoms with E-state index in [0.717, 1.165) is 37.4 Å². The number of likely N-dealkylation sites (tertiary alicyclic amines) is 1. The lowest BCUT2D eigenvalue weighted by atomic mass is 10.1. The van der Waals surface area contributed by atoms with Crippen molar-refractivity contribution in [2.24, 2.45) is 0 Å². The Morgan fingerprint density at radius 2 is 2.13 bits per heavy atom. The second-order valence-corrected chi connectivity index (χ2v) is 6.13. The van der Waals surface area contributed by atoms with Gasteiger partial charge in [0.2, 0.25) is 0 Å². The van der Waals surface area contributed by atoms with Gasteiger partial charge in [-0.25, -0.2) is 4.98 Å². The molecule has 2 heterocycles. The molecule has 6 nitrogen and oxygen atoms in total. The molecule has 6 heteroatoms. The van der Waals surface area contributed by atoms with Crippen LogP contribution in [0.15, 0.2) is 36.7 Å². The van der Waals surface area contributed by atoms with Crippen LogP contribution in [0.5, 0.6) is 0 Å². The summed E-state index contributed by atoms with van der Waals surface area (Å²) in [5, 5.41) is 10.7. The summed E-state index contributed by atoms with van der Waals surface area (Å²) >= 11 is 0. The van der Waals surface area contributed by atoms with Crippen molar-refractivity contribution in [3.05, 3.63) is 58.2 Å². The predicted molar refractivity (Wildman–Crippen MR) is 88.4 cm³/mol. The Labute approximate surface area is 135 Å². The summed E-state index contributed by atoms with van der Waals surface area (Å²) in [7, 11) is 0. The van der Waals surface area contributed by atoms with Crippen LogP contribution in [0.4, 0.5) is 5.69 Å². The van der Waals surface area contributed by atoms with Crippen molar-refractivity contribution < 1.29 is 4.92 Å². The van der Waals surface area contributed by atoms with Crippen molar-refractivity contribution in [3.8, 4) is 0 Å². The molecular weight excluding hydrogens is 292 g/mol. The fourth-order valence-corrected chi connectivity index (χ4v) is 3.28. The molecule has 0 aliphatic carbocycles. The van der Waals surface area contributed by atoms with Crippen molar-refractivity contribution in [2.75, 3.05) is 13.1 Å². The highest BCUT2D eigenvalue weighted by Gasteiger charge is 2.24. The van der Waals surface area contributed by atoms with Crippen LogP contribution in [0.25, 0.3) is 0 Å². The first-order valence-electron chi connectivity index (χ1n) is 8.08. The average molecular weight is 314 g/mol. The molecule has 1 atom stereocenters. The molecule has 3 rings (SSSR count). The molecule has 0 spiro atoms. The van der Waals surface area contributed by atoms with E-state index >= 15 is 0 Å². The number of benzene rings is 1. The van der Waals surface area contributed by atoms with Crippen LogP contribution in [-0.2, 0) is 13.0 Å². The maximum Gasteiger partial charge on any atom is 0.269 e. The Hall–Kier alpha value is -2.21. The van der Waals surface area contributed by atoms with Crippen molar-refractivity contribution in [1.82, 2.24) is 14.5 Å². The fourth-order valence-electron chi connectivity index (χ4n) is 3.28. The normalized spacial score (nSPS) is 18.4. The number of imidazole rings is 1. The largest absolute Gasteiger partial charge is 0.334 e. The van der Waals surface area contributed by atoms with Gasteiger partial charge in [-0.05, 0) is 38.3 Å². The second kappa shape index (κ2) is 6.91. The molecule has 1 aromatic heterocycles. The van der Waals surface area contributed by atoms with E-state index in [-0.39, 0.29) is 10.6 Å². The van der Waals surface area contributed by atoms with Gasteiger partial charge in [0, 0.05) is 43.7 Å². The van der Waals surface area contributed by atoms with Gasteiger partial charge < -0.3 is 4.57 Å². The van der Waals surface area contributed by atoms with Crippen LogP contribution in [0.2, 0.25) is 0 Å². The lowest BCUT2D eigenvalue weighted by molar-refractivity contribution is -0.384. The molecule has 1 aliphatic heterocycles.